The van der Waals surface area contributed by atoms with Gasteiger partial charge in [-0.3, -0.25) is 0 Å². The molecule has 1 heterocycles. The number of ether oxygens (including phenoxy) is 3. The lowest BCUT2D eigenvalue weighted by atomic mass is 10.1. The number of benzene rings is 1. The molecule has 114 valence electrons. The van der Waals surface area contributed by atoms with Gasteiger partial charge in [-0.25, -0.2) is 4.98 Å². The van der Waals surface area contributed by atoms with Crippen molar-refractivity contribution in [2.24, 2.45) is 0 Å². The Labute approximate surface area is 124 Å². The maximum absolute atomic E-state index is 5.53. The van der Waals surface area contributed by atoms with Crippen LogP contribution in [0.3, 0.4) is 0 Å². The summed E-state index contributed by atoms with van der Waals surface area (Å²) in [5, 5.41) is 3.25. The summed E-state index contributed by atoms with van der Waals surface area (Å²) in [5.74, 6) is 2.13. The van der Waals surface area contributed by atoms with Crippen LogP contribution in [0, 0.1) is 0 Å². The summed E-state index contributed by atoms with van der Waals surface area (Å²) in [7, 11) is 4.92. The van der Waals surface area contributed by atoms with E-state index in [0.717, 1.165) is 23.6 Å². The van der Waals surface area contributed by atoms with Crippen molar-refractivity contribution < 1.29 is 18.6 Å². The second-order valence-electron chi connectivity index (χ2n) is 4.36. The lowest BCUT2D eigenvalue weighted by molar-refractivity contribution is 0.199. The fourth-order valence-corrected chi connectivity index (χ4v) is 1.99. The maximum atomic E-state index is 5.53. The van der Waals surface area contributed by atoms with Gasteiger partial charge in [0.1, 0.15) is 17.2 Å². The lowest BCUT2D eigenvalue weighted by Gasteiger charge is -2.10. The summed E-state index contributed by atoms with van der Waals surface area (Å²) < 4.78 is 21.2. The van der Waals surface area contributed by atoms with Crippen LogP contribution in [0.15, 0.2) is 29.0 Å². The molecule has 0 aliphatic heterocycles. The molecule has 0 atom stereocenters. The molecule has 6 nitrogen and oxygen atoms in total. The van der Waals surface area contributed by atoms with Gasteiger partial charge >= 0.3 is 0 Å². The number of aromatic nitrogens is 1. The largest absolute Gasteiger partial charge is 0.497 e. The summed E-state index contributed by atoms with van der Waals surface area (Å²) in [6.45, 7) is 1.99. The minimum Gasteiger partial charge on any atom is -0.497 e. The van der Waals surface area contributed by atoms with Gasteiger partial charge in [0.15, 0.2) is 12.2 Å². The van der Waals surface area contributed by atoms with Gasteiger partial charge in [0.2, 0.25) is 0 Å². The lowest BCUT2D eigenvalue weighted by Crippen LogP contribution is -2.19. The van der Waals surface area contributed by atoms with E-state index >= 15 is 0 Å². The van der Waals surface area contributed by atoms with E-state index in [1.807, 2.05) is 18.2 Å². The minimum atomic E-state index is 0.593. The van der Waals surface area contributed by atoms with Gasteiger partial charge in [0.05, 0.1) is 26.4 Å². The van der Waals surface area contributed by atoms with Crippen molar-refractivity contribution in [1.29, 1.82) is 0 Å². The Balaban J connectivity index is 2.23. The van der Waals surface area contributed by atoms with E-state index in [0.29, 0.717) is 24.7 Å². The summed E-state index contributed by atoms with van der Waals surface area (Å²) in [4.78, 5) is 4.25. The highest BCUT2D eigenvalue weighted by atomic mass is 16.5. The second-order valence-corrected chi connectivity index (χ2v) is 4.36. The first kappa shape index (κ1) is 15.3. The predicted molar refractivity (Wildman–Crippen MR) is 78.6 cm³/mol. The Kier molecular flexibility index (Phi) is 5.59. The molecule has 0 unspecified atom stereocenters. The average molecular weight is 292 g/mol. The predicted octanol–water partition coefficient (Wildman–Crippen LogP) is 2.09. The molecule has 0 amide bonds. The fourth-order valence-electron chi connectivity index (χ4n) is 1.99. The van der Waals surface area contributed by atoms with Crippen LogP contribution in [0.5, 0.6) is 11.5 Å². The van der Waals surface area contributed by atoms with Gasteiger partial charge in [0, 0.05) is 20.2 Å². The number of methoxy groups -OCH3 is 3. The molecule has 0 radical (unpaired) electrons. The number of nitrogens with zero attached hydrogens (tertiary/aromatic N) is 1. The Morgan fingerprint density at radius 3 is 2.76 bits per heavy atom. The van der Waals surface area contributed by atoms with Crippen LogP contribution in [0.25, 0.3) is 11.3 Å². The van der Waals surface area contributed by atoms with Crippen LogP contribution in [-0.2, 0) is 11.3 Å². The van der Waals surface area contributed by atoms with E-state index < -0.39 is 0 Å². The molecule has 0 aliphatic carbocycles. The maximum Gasteiger partial charge on any atom is 0.181 e. The molecule has 2 aromatic rings. The molecule has 1 N–H and O–H groups in total. The van der Waals surface area contributed by atoms with Crippen molar-refractivity contribution >= 4 is 0 Å². The standard InChI is InChI=1S/C15H20N2O4/c1-18-7-6-16-9-13-15(21-10-17-13)12-8-11(19-2)4-5-14(12)20-3/h4-5,8,10,16H,6-7,9H2,1-3H3. The van der Waals surface area contributed by atoms with Gasteiger partial charge in [-0.05, 0) is 18.2 Å². The summed E-state index contributed by atoms with van der Waals surface area (Å²) in [6, 6.07) is 5.56. The van der Waals surface area contributed by atoms with Gasteiger partial charge in [0.25, 0.3) is 0 Å². The minimum absolute atomic E-state index is 0.593. The van der Waals surface area contributed by atoms with E-state index in [1.165, 1.54) is 6.39 Å². The molecule has 0 spiro atoms. The van der Waals surface area contributed by atoms with Gasteiger partial charge < -0.3 is 23.9 Å². The highest BCUT2D eigenvalue weighted by Crippen LogP contribution is 2.35. The molecule has 21 heavy (non-hydrogen) atoms. The molecular weight excluding hydrogens is 272 g/mol. The fraction of sp³-hybridized carbons (Fsp3) is 0.400. The second kappa shape index (κ2) is 7.66. The van der Waals surface area contributed by atoms with Gasteiger partial charge in [-0.1, -0.05) is 0 Å². The Hall–Kier alpha value is -2.05. The normalized spacial score (nSPS) is 10.6. The van der Waals surface area contributed by atoms with E-state index in [9.17, 15) is 0 Å². The molecular formula is C15H20N2O4. The highest BCUT2D eigenvalue weighted by Gasteiger charge is 2.16. The molecule has 0 bridgehead atoms. The molecule has 0 saturated heterocycles. The van der Waals surface area contributed by atoms with Crippen molar-refractivity contribution in [2.75, 3.05) is 34.5 Å². The Bertz CT molecular complexity index is 569. The average Bonchev–Trinajstić information content (AvgIpc) is 2.99. The monoisotopic (exact) mass is 292 g/mol. The van der Waals surface area contributed by atoms with Gasteiger partial charge in [-0.2, -0.15) is 0 Å². The quantitative estimate of drug-likeness (QED) is 0.752. The molecule has 1 aromatic heterocycles. The number of hydrogen-bond acceptors (Lipinski definition) is 6. The van der Waals surface area contributed by atoms with Crippen molar-refractivity contribution in [3.05, 3.63) is 30.3 Å². The number of hydrogen-bond donors (Lipinski definition) is 1. The number of rotatable bonds is 8. The summed E-state index contributed by atoms with van der Waals surface area (Å²) >= 11 is 0. The molecule has 6 heteroatoms. The molecule has 0 fully saturated rings. The van der Waals surface area contributed by atoms with Crippen molar-refractivity contribution in [3.63, 3.8) is 0 Å². The first-order chi connectivity index (χ1) is 10.3. The summed E-state index contributed by atoms with van der Waals surface area (Å²) in [5.41, 5.74) is 1.63. The first-order valence-electron chi connectivity index (χ1n) is 6.64. The van der Waals surface area contributed by atoms with E-state index in [1.54, 1.807) is 21.3 Å². The van der Waals surface area contributed by atoms with Crippen LogP contribution in [0.2, 0.25) is 0 Å². The smallest absolute Gasteiger partial charge is 0.181 e. The van der Waals surface area contributed by atoms with Crippen molar-refractivity contribution in [3.8, 4) is 22.8 Å². The molecule has 0 saturated carbocycles. The SMILES string of the molecule is COCCNCc1ncoc1-c1cc(OC)ccc1OC. The van der Waals surface area contributed by atoms with Gasteiger partial charge in [-0.15, -0.1) is 0 Å². The molecule has 1 aromatic carbocycles. The zero-order valence-electron chi connectivity index (χ0n) is 12.5. The third-order valence-corrected chi connectivity index (χ3v) is 3.07. The topological polar surface area (TPSA) is 65.8 Å². The van der Waals surface area contributed by atoms with Crippen LogP contribution in [0.1, 0.15) is 5.69 Å². The number of nitrogens with one attached hydrogen (secondary N) is 1. The van der Waals surface area contributed by atoms with E-state index in [2.05, 4.69) is 10.3 Å². The molecule has 2 rings (SSSR count). The number of oxazole rings is 1. The third-order valence-electron chi connectivity index (χ3n) is 3.07. The van der Waals surface area contributed by atoms with Crippen molar-refractivity contribution in [1.82, 2.24) is 10.3 Å². The Morgan fingerprint density at radius 1 is 1.19 bits per heavy atom. The van der Waals surface area contributed by atoms with Crippen LogP contribution >= 0.6 is 0 Å². The Morgan fingerprint density at radius 2 is 2.05 bits per heavy atom. The third kappa shape index (κ3) is 3.74. The zero-order valence-corrected chi connectivity index (χ0v) is 12.5. The molecule has 0 aliphatic rings. The van der Waals surface area contributed by atoms with E-state index in [4.69, 9.17) is 18.6 Å². The zero-order chi connectivity index (χ0) is 15.1. The summed E-state index contributed by atoms with van der Waals surface area (Å²) in [6.07, 6.45) is 1.43. The first-order valence-corrected chi connectivity index (χ1v) is 6.64. The van der Waals surface area contributed by atoms with E-state index in [-0.39, 0.29) is 0 Å². The van der Waals surface area contributed by atoms with Crippen molar-refractivity contribution in [2.45, 2.75) is 6.54 Å². The van der Waals surface area contributed by atoms with Crippen LogP contribution < -0.4 is 14.8 Å². The van der Waals surface area contributed by atoms with Crippen LogP contribution in [0.4, 0.5) is 0 Å². The van der Waals surface area contributed by atoms with Crippen LogP contribution in [-0.4, -0.2) is 39.5 Å². The highest BCUT2D eigenvalue weighted by molar-refractivity contribution is 5.69.